The molecular weight excluding hydrogens is 280 g/mol. The molecule has 0 bridgehead atoms. The lowest BCUT2D eigenvalue weighted by atomic mass is 9.79. The quantitative estimate of drug-likeness (QED) is 0.750. The maximum atomic E-state index is 12.1. The SMILES string of the molecule is O=C(NC1CCC(C(=O)O)CC1)NC1CCC2CCCC2C1. The van der Waals surface area contributed by atoms with E-state index in [4.69, 9.17) is 5.11 Å². The molecule has 124 valence electrons. The van der Waals surface area contributed by atoms with E-state index in [0.717, 1.165) is 37.5 Å². The Balaban J connectivity index is 1.39. The van der Waals surface area contributed by atoms with E-state index in [2.05, 4.69) is 10.6 Å². The number of nitrogens with one attached hydrogen (secondary N) is 2. The molecule has 3 aliphatic carbocycles. The molecule has 3 rings (SSSR count). The Morgan fingerprint density at radius 3 is 2.14 bits per heavy atom. The van der Waals surface area contributed by atoms with Crippen LogP contribution in [0.15, 0.2) is 0 Å². The van der Waals surface area contributed by atoms with Gasteiger partial charge in [0, 0.05) is 12.1 Å². The average molecular weight is 308 g/mol. The van der Waals surface area contributed by atoms with Crippen LogP contribution in [0.1, 0.15) is 64.2 Å². The molecule has 3 saturated carbocycles. The first-order valence-electron chi connectivity index (χ1n) is 8.91. The van der Waals surface area contributed by atoms with E-state index in [1.54, 1.807) is 0 Å². The molecule has 3 fully saturated rings. The van der Waals surface area contributed by atoms with Crippen molar-refractivity contribution in [1.29, 1.82) is 0 Å². The second-order valence-corrected chi connectivity index (χ2v) is 7.47. The molecule has 3 N–H and O–H groups in total. The lowest BCUT2D eigenvalue weighted by molar-refractivity contribution is -0.142. The van der Waals surface area contributed by atoms with Crippen molar-refractivity contribution in [2.75, 3.05) is 0 Å². The Morgan fingerprint density at radius 2 is 1.41 bits per heavy atom. The summed E-state index contributed by atoms with van der Waals surface area (Å²) in [6, 6.07) is 0.411. The fourth-order valence-electron chi connectivity index (χ4n) is 4.73. The highest BCUT2D eigenvalue weighted by Gasteiger charge is 2.34. The number of carboxylic acids is 1. The van der Waals surface area contributed by atoms with Gasteiger partial charge in [0.1, 0.15) is 0 Å². The van der Waals surface area contributed by atoms with Gasteiger partial charge in [-0.05, 0) is 56.8 Å². The van der Waals surface area contributed by atoms with Gasteiger partial charge in [0.2, 0.25) is 0 Å². The van der Waals surface area contributed by atoms with Crippen molar-refractivity contribution < 1.29 is 14.7 Å². The van der Waals surface area contributed by atoms with Crippen LogP contribution in [0.5, 0.6) is 0 Å². The molecule has 0 aliphatic heterocycles. The molecule has 0 radical (unpaired) electrons. The first kappa shape index (κ1) is 15.6. The number of aliphatic carboxylic acids is 1. The molecule has 3 atom stereocenters. The van der Waals surface area contributed by atoms with Crippen molar-refractivity contribution in [3.05, 3.63) is 0 Å². The highest BCUT2D eigenvalue weighted by molar-refractivity contribution is 5.74. The summed E-state index contributed by atoms with van der Waals surface area (Å²) in [5.74, 6) is 0.812. The molecule has 3 aliphatic rings. The van der Waals surface area contributed by atoms with Gasteiger partial charge >= 0.3 is 12.0 Å². The highest BCUT2D eigenvalue weighted by Crippen LogP contribution is 2.42. The van der Waals surface area contributed by atoms with Crippen LogP contribution >= 0.6 is 0 Å². The molecule has 0 heterocycles. The van der Waals surface area contributed by atoms with Gasteiger partial charge in [0.05, 0.1) is 5.92 Å². The second-order valence-electron chi connectivity index (χ2n) is 7.47. The van der Waals surface area contributed by atoms with Crippen LogP contribution in [0.25, 0.3) is 0 Å². The molecule has 0 saturated heterocycles. The number of amides is 2. The van der Waals surface area contributed by atoms with E-state index >= 15 is 0 Å². The van der Waals surface area contributed by atoms with Crippen molar-refractivity contribution in [3.63, 3.8) is 0 Å². The molecule has 0 spiro atoms. The minimum Gasteiger partial charge on any atom is -0.481 e. The summed E-state index contributed by atoms with van der Waals surface area (Å²) in [7, 11) is 0. The summed E-state index contributed by atoms with van der Waals surface area (Å²) in [6.07, 6.45) is 10.5. The Bertz CT molecular complexity index is 418. The third-order valence-corrected chi connectivity index (χ3v) is 6.04. The molecule has 0 aromatic carbocycles. The van der Waals surface area contributed by atoms with Crippen LogP contribution in [0.2, 0.25) is 0 Å². The Labute approximate surface area is 132 Å². The standard InChI is InChI=1S/C17H28N2O3/c20-16(21)12-5-7-14(8-6-12)18-17(22)19-15-9-4-11-2-1-3-13(11)10-15/h11-15H,1-10H2,(H,20,21)(H2,18,19,22). The number of rotatable bonds is 3. The molecule has 2 amide bonds. The maximum Gasteiger partial charge on any atom is 0.315 e. The van der Waals surface area contributed by atoms with Crippen molar-refractivity contribution >= 4 is 12.0 Å². The first-order valence-corrected chi connectivity index (χ1v) is 8.91. The Kier molecular flexibility index (Phi) is 4.89. The summed E-state index contributed by atoms with van der Waals surface area (Å²) < 4.78 is 0. The van der Waals surface area contributed by atoms with Crippen LogP contribution in [-0.4, -0.2) is 29.2 Å². The maximum absolute atomic E-state index is 12.1. The van der Waals surface area contributed by atoms with Gasteiger partial charge in [-0.2, -0.15) is 0 Å². The molecular formula is C17H28N2O3. The highest BCUT2D eigenvalue weighted by atomic mass is 16.4. The number of carbonyl (C=O) groups excluding carboxylic acids is 1. The fraction of sp³-hybridized carbons (Fsp3) is 0.882. The average Bonchev–Trinajstić information content (AvgIpc) is 2.95. The number of hydrogen-bond acceptors (Lipinski definition) is 2. The van der Waals surface area contributed by atoms with E-state index < -0.39 is 5.97 Å². The Hall–Kier alpha value is -1.26. The summed E-state index contributed by atoms with van der Waals surface area (Å²) in [4.78, 5) is 23.1. The first-order chi connectivity index (χ1) is 10.6. The Morgan fingerprint density at radius 1 is 0.773 bits per heavy atom. The second kappa shape index (κ2) is 6.88. The van der Waals surface area contributed by atoms with Crippen LogP contribution in [-0.2, 0) is 4.79 Å². The largest absolute Gasteiger partial charge is 0.481 e. The zero-order chi connectivity index (χ0) is 15.5. The molecule has 0 aromatic heterocycles. The molecule has 5 heteroatoms. The summed E-state index contributed by atoms with van der Waals surface area (Å²) in [5, 5.41) is 15.2. The molecule has 5 nitrogen and oxygen atoms in total. The number of hydrogen-bond donors (Lipinski definition) is 3. The van der Waals surface area contributed by atoms with Gasteiger partial charge in [-0.25, -0.2) is 4.79 Å². The minimum atomic E-state index is -0.698. The van der Waals surface area contributed by atoms with Gasteiger partial charge in [-0.3, -0.25) is 4.79 Å². The van der Waals surface area contributed by atoms with E-state index in [9.17, 15) is 9.59 Å². The van der Waals surface area contributed by atoms with Gasteiger partial charge in [0.25, 0.3) is 0 Å². The smallest absolute Gasteiger partial charge is 0.315 e. The normalized spacial score (nSPS) is 38.1. The number of carboxylic acid groups (broad SMARTS) is 1. The van der Waals surface area contributed by atoms with Crippen molar-refractivity contribution in [3.8, 4) is 0 Å². The van der Waals surface area contributed by atoms with E-state index in [1.165, 1.54) is 25.7 Å². The third-order valence-electron chi connectivity index (χ3n) is 6.04. The van der Waals surface area contributed by atoms with Crippen LogP contribution in [0, 0.1) is 17.8 Å². The van der Waals surface area contributed by atoms with Crippen LogP contribution in [0.3, 0.4) is 0 Å². The predicted octanol–water partition coefficient (Wildman–Crippen LogP) is 2.90. The molecule has 3 unspecified atom stereocenters. The zero-order valence-electron chi connectivity index (χ0n) is 13.2. The lowest BCUT2D eigenvalue weighted by Crippen LogP contribution is -2.49. The number of urea groups is 1. The van der Waals surface area contributed by atoms with E-state index in [-0.39, 0.29) is 18.0 Å². The predicted molar refractivity (Wildman–Crippen MR) is 83.5 cm³/mol. The number of carbonyl (C=O) groups is 2. The fourth-order valence-corrected chi connectivity index (χ4v) is 4.73. The number of fused-ring (bicyclic) bond motifs is 1. The monoisotopic (exact) mass is 308 g/mol. The topological polar surface area (TPSA) is 78.4 Å². The van der Waals surface area contributed by atoms with Crippen molar-refractivity contribution in [2.24, 2.45) is 17.8 Å². The van der Waals surface area contributed by atoms with Gasteiger partial charge in [-0.1, -0.05) is 19.3 Å². The van der Waals surface area contributed by atoms with Crippen molar-refractivity contribution in [1.82, 2.24) is 10.6 Å². The third kappa shape index (κ3) is 3.73. The van der Waals surface area contributed by atoms with Gasteiger partial charge in [0.15, 0.2) is 0 Å². The summed E-state index contributed by atoms with van der Waals surface area (Å²) in [6.45, 7) is 0. The van der Waals surface area contributed by atoms with E-state index in [1.807, 2.05) is 0 Å². The summed E-state index contributed by atoms with van der Waals surface area (Å²) in [5.41, 5.74) is 0. The zero-order valence-corrected chi connectivity index (χ0v) is 13.2. The van der Waals surface area contributed by atoms with E-state index in [0.29, 0.717) is 18.9 Å². The molecule has 0 aromatic rings. The van der Waals surface area contributed by atoms with Crippen LogP contribution in [0.4, 0.5) is 4.79 Å². The summed E-state index contributed by atoms with van der Waals surface area (Å²) >= 11 is 0. The van der Waals surface area contributed by atoms with Gasteiger partial charge in [-0.15, -0.1) is 0 Å². The van der Waals surface area contributed by atoms with Crippen LogP contribution < -0.4 is 10.6 Å². The lowest BCUT2D eigenvalue weighted by Gasteiger charge is -2.33. The molecule has 22 heavy (non-hydrogen) atoms. The minimum absolute atomic E-state index is 0.0554. The van der Waals surface area contributed by atoms with Crippen molar-refractivity contribution in [2.45, 2.75) is 76.3 Å². The van der Waals surface area contributed by atoms with Gasteiger partial charge < -0.3 is 15.7 Å².